The molecule has 154 valence electrons. The number of hydrogen-bond acceptors (Lipinski definition) is 7. The summed E-state index contributed by atoms with van der Waals surface area (Å²) in [5.41, 5.74) is 1.48. The van der Waals surface area contributed by atoms with Crippen molar-refractivity contribution in [3.63, 3.8) is 0 Å². The average Bonchev–Trinajstić information content (AvgIpc) is 2.72. The summed E-state index contributed by atoms with van der Waals surface area (Å²) in [6.07, 6.45) is -0.874. The molecule has 0 aromatic heterocycles. The van der Waals surface area contributed by atoms with E-state index in [0.717, 1.165) is 11.3 Å². The van der Waals surface area contributed by atoms with Gasteiger partial charge in [0.15, 0.2) is 0 Å². The summed E-state index contributed by atoms with van der Waals surface area (Å²) in [5, 5.41) is 22.2. The number of carbonyl (C=O) groups is 2. The fourth-order valence-corrected chi connectivity index (χ4v) is 3.25. The third kappa shape index (κ3) is 7.34. The molecule has 2 aromatic rings. The van der Waals surface area contributed by atoms with E-state index in [4.69, 9.17) is 9.47 Å². The number of methoxy groups -OCH3 is 1. The molecule has 0 fully saturated rings. The van der Waals surface area contributed by atoms with Crippen molar-refractivity contribution in [2.45, 2.75) is 18.4 Å². The molecule has 0 spiro atoms. The monoisotopic (exact) mass is 420 g/mol. The first-order valence-corrected chi connectivity index (χ1v) is 9.64. The summed E-state index contributed by atoms with van der Waals surface area (Å²) < 4.78 is 10.1. The molecular formula is C19H20N2O7S. The van der Waals surface area contributed by atoms with Crippen LogP contribution in [-0.4, -0.2) is 41.0 Å². The van der Waals surface area contributed by atoms with Crippen molar-refractivity contribution < 1.29 is 29.1 Å². The molecule has 1 unspecified atom stereocenters. The number of nitrogens with zero attached hydrogens (tertiary/aromatic N) is 1. The van der Waals surface area contributed by atoms with E-state index in [2.05, 4.69) is 5.32 Å². The maximum absolute atomic E-state index is 11.9. The number of nitro benzene ring substituents is 1. The predicted molar refractivity (Wildman–Crippen MR) is 107 cm³/mol. The summed E-state index contributed by atoms with van der Waals surface area (Å²) >= 11 is 1.36. The van der Waals surface area contributed by atoms with Crippen molar-refractivity contribution in [3.05, 3.63) is 69.8 Å². The second-order valence-corrected chi connectivity index (χ2v) is 6.93. The van der Waals surface area contributed by atoms with Crippen LogP contribution < -0.4 is 10.1 Å². The third-order valence-corrected chi connectivity index (χ3v) is 4.93. The molecule has 10 heteroatoms. The number of rotatable bonds is 10. The molecule has 0 aliphatic carbocycles. The number of nitrogens with one attached hydrogen (secondary N) is 1. The Morgan fingerprint density at radius 3 is 2.31 bits per heavy atom. The highest BCUT2D eigenvalue weighted by Gasteiger charge is 2.20. The van der Waals surface area contributed by atoms with Gasteiger partial charge in [-0.1, -0.05) is 12.1 Å². The Bertz CT molecular complexity index is 841. The summed E-state index contributed by atoms with van der Waals surface area (Å²) in [6.45, 7) is -0.130. The lowest BCUT2D eigenvalue weighted by Gasteiger charge is -2.14. The van der Waals surface area contributed by atoms with Gasteiger partial charge in [-0.25, -0.2) is 9.59 Å². The molecule has 1 atom stereocenters. The largest absolute Gasteiger partial charge is 0.497 e. The highest BCUT2D eigenvalue weighted by molar-refractivity contribution is 7.98. The van der Waals surface area contributed by atoms with E-state index in [1.165, 1.54) is 36.0 Å². The first-order chi connectivity index (χ1) is 13.9. The van der Waals surface area contributed by atoms with Crippen molar-refractivity contribution in [2.75, 3.05) is 12.9 Å². The van der Waals surface area contributed by atoms with Crippen LogP contribution in [0.3, 0.4) is 0 Å². The molecular weight excluding hydrogens is 400 g/mol. The van der Waals surface area contributed by atoms with Crippen molar-refractivity contribution >= 4 is 29.5 Å². The van der Waals surface area contributed by atoms with Crippen LogP contribution in [0, 0.1) is 10.1 Å². The second-order valence-electron chi connectivity index (χ2n) is 5.90. The highest BCUT2D eigenvalue weighted by atomic mass is 32.2. The van der Waals surface area contributed by atoms with E-state index < -0.39 is 23.0 Å². The Morgan fingerprint density at radius 2 is 1.76 bits per heavy atom. The van der Waals surface area contributed by atoms with Gasteiger partial charge in [0.1, 0.15) is 18.4 Å². The lowest BCUT2D eigenvalue weighted by atomic mass is 10.2. The van der Waals surface area contributed by atoms with Crippen LogP contribution in [0.1, 0.15) is 11.1 Å². The Morgan fingerprint density at radius 1 is 1.14 bits per heavy atom. The Kier molecular flexibility index (Phi) is 8.28. The number of nitro groups is 1. The first kappa shape index (κ1) is 22.0. The normalized spacial score (nSPS) is 11.3. The summed E-state index contributed by atoms with van der Waals surface area (Å²) in [4.78, 5) is 33.3. The third-order valence-electron chi connectivity index (χ3n) is 3.82. The fourth-order valence-electron chi connectivity index (χ4n) is 2.24. The number of hydrogen-bond donors (Lipinski definition) is 2. The molecule has 0 radical (unpaired) electrons. The van der Waals surface area contributed by atoms with Crippen LogP contribution in [0.2, 0.25) is 0 Å². The Labute approximate surface area is 171 Å². The summed E-state index contributed by atoms with van der Waals surface area (Å²) in [5.74, 6) is 0.306. The number of non-ortho nitro benzene ring substituents is 1. The summed E-state index contributed by atoms with van der Waals surface area (Å²) in [6, 6.07) is 11.8. The Balaban J connectivity index is 1.78. The molecule has 0 saturated carbocycles. The minimum atomic E-state index is -1.17. The van der Waals surface area contributed by atoms with E-state index in [9.17, 15) is 24.8 Å². The molecule has 0 aliphatic heterocycles. The topological polar surface area (TPSA) is 128 Å². The summed E-state index contributed by atoms with van der Waals surface area (Å²) in [7, 11) is 1.58. The van der Waals surface area contributed by atoms with Crippen molar-refractivity contribution in [1.82, 2.24) is 5.32 Å². The number of ether oxygens (including phenoxy) is 2. The number of thioether (sulfide) groups is 1. The van der Waals surface area contributed by atoms with E-state index in [1.807, 2.05) is 24.3 Å². The number of aliphatic carboxylic acids is 1. The standard InChI is InChI=1S/C19H20N2O7S/c1-27-16-8-4-14(5-9-16)11-29-12-17(18(22)23)20-19(24)28-10-13-2-6-15(7-3-13)21(25)26/h2-9,17H,10-12H2,1H3,(H,20,24)(H,22,23). The van der Waals surface area contributed by atoms with Crippen LogP contribution in [-0.2, 0) is 21.9 Å². The van der Waals surface area contributed by atoms with Crippen molar-refractivity contribution in [1.29, 1.82) is 0 Å². The van der Waals surface area contributed by atoms with Gasteiger partial charge in [0.2, 0.25) is 0 Å². The molecule has 0 saturated heterocycles. The van der Waals surface area contributed by atoms with Gasteiger partial charge in [0.25, 0.3) is 5.69 Å². The van der Waals surface area contributed by atoms with Gasteiger partial charge in [0, 0.05) is 23.6 Å². The van der Waals surface area contributed by atoms with Crippen LogP contribution in [0.25, 0.3) is 0 Å². The molecule has 1 amide bonds. The van der Waals surface area contributed by atoms with Gasteiger partial charge in [-0.2, -0.15) is 11.8 Å². The fraction of sp³-hybridized carbons (Fsp3) is 0.263. The smallest absolute Gasteiger partial charge is 0.408 e. The lowest BCUT2D eigenvalue weighted by molar-refractivity contribution is -0.384. The maximum Gasteiger partial charge on any atom is 0.408 e. The van der Waals surface area contributed by atoms with Gasteiger partial charge >= 0.3 is 12.1 Å². The first-order valence-electron chi connectivity index (χ1n) is 8.49. The van der Waals surface area contributed by atoms with Crippen molar-refractivity contribution in [3.8, 4) is 5.75 Å². The minimum Gasteiger partial charge on any atom is -0.497 e. The number of carboxylic acid groups (broad SMARTS) is 1. The van der Waals surface area contributed by atoms with Gasteiger partial charge in [-0.3, -0.25) is 10.1 Å². The molecule has 2 N–H and O–H groups in total. The maximum atomic E-state index is 11.9. The molecule has 0 aliphatic rings. The van der Waals surface area contributed by atoms with E-state index in [-0.39, 0.29) is 18.0 Å². The lowest BCUT2D eigenvalue weighted by Crippen LogP contribution is -2.42. The number of carbonyl (C=O) groups excluding carboxylic acids is 1. The van der Waals surface area contributed by atoms with Crippen LogP contribution >= 0.6 is 11.8 Å². The number of carboxylic acids is 1. The van der Waals surface area contributed by atoms with E-state index in [0.29, 0.717) is 11.3 Å². The minimum absolute atomic E-state index is 0.0713. The second kappa shape index (κ2) is 10.9. The quantitative estimate of drug-likeness (QED) is 0.443. The zero-order valence-electron chi connectivity index (χ0n) is 15.6. The molecule has 2 rings (SSSR count). The SMILES string of the molecule is COc1ccc(CSCC(NC(=O)OCc2ccc([N+](=O)[O-])cc2)C(=O)O)cc1. The van der Waals surface area contributed by atoms with Gasteiger partial charge in [-0.15, -0.1) is 0 Å². The van der Waals surface area contributed by atoms with Gasteiger partial charge in [0.05, 0.1) is 12.0 Å². The predicted octanol–water partition coefficient (Wildman–Crippen LogP) is 3.22. The Hall–Kier alpha value is -3.27. The zero-order chi connectivity index (χ0) is 21.2. The molecule has 0 heterocycles. The van der Waals surface area contributed by atoms with E-state index in [1.54, 1.807) is 7.11 Å². The van der Waals surface area contributed by atoms with E-state index >= 15 is 0 Å². The zero-order valence-corrected chi connectivity index (χ0v) is 16.4. The van der Waals surface area contributed by atoms with Gasteiger partial charge in [-0.05, 0) is 35.4 Å². The van der Waals surface area contributed by atoms with Crippen molar-refractivity contribution in [2.24, 2.45) is 0 Å². The molecule has 9 nitrogen and oxygen atoms in total. The van der Waals surface area contributed by atoms with Crippen LogP contribution in [0.5, 0.6) is 5.75 Å². The number of benzene rings is 2. The van der Waals surface area contributed by atoms with Crippen LogP contribution in [0.4, 0.5) is 10.5 Å². The highest BCUT2D eigenvalue weighted by Crippen LogP contribution is 2.17. The van der Waals surface area contributed by atoms with Crippen LogP contribution in [0.15, 0.2) is 48.5 Å². The molecule has 0 bridgehead atoms. The number of alkyl carbamates (subject to hydrolysis) is 1. The van der Waals surface area contributed by atoms with Gasteiger partial charge < -0.3 is 19.9 Å². The molecule has 2 aromatic carbocycles. The number of amides is 1. The average molecular weight is 420 g/mol. The molecule has 29 heavy (non-hydrogen) atoms.